The molecule has 0 aliphatic heterocycles. The predicted molar refractivity (Wildman–Crippen MR) is 58.8 cm³/mol. The molecule has 0 aliphatic carbocycles. The highest BCUT2D eigenvalue weighted by atomic mass is 16.5. The average molecular weight is 208 g/mol. The summed E-state index contributed by atoms with van der Waals surface area (Å²) >= 11 is 0. The lowest BCUT2D eigenvalue weighted by molar-refractivity contribution is 0.0534. The number of rotatable bonds is 6. The summed E-state index contributed by atoms with van der Waals surface area (Å²) in [5.74, 6) is 0. The van der Waals surface area contributed by atoms with Crippen LogP contribution in [0.4, 0.5) is 0 Å². The lowest BCUT2D eigenvalue weighted by Gasteiger charge is -2.22. The number of hydrogen-bond acceptors (Lipinski definition) is 3. The van der Waals surface area contributed by atoms with Crippen LogP contribution in [-0.2, 0) is 4.74 Å². The Balaban J connectivity index is 3.74. The van der Waals surface area contributed by atoms with E-state index in [1.54, 1.807) is 0 Å². The second-order valence-corrected chi connectivity index (χ2v) is 5.30. The quantitative estimate of drug-likeness (QED) is 0.631. The first-order chi connectivity index (χ1) is 6.83. The van der Waals surface area contributed by atoms with Crippen LogP contribution in [0.15, 0.2) is 0 Å². The van der Waals surface area contributed by atoms with Gasteiger partial charge in [-0.25, -0.2) is 0 Å². The number of ether oxygens (including phenoxy) is 1. The fraction of sp³-hybridized carbons (Fsp3) is 0.833. The van der Waals surface area contributed by atoms with Crippen LogP contribution in [0.3, 0.4) is 0 Å². The van der Waals surface area contributed by atoms with Crippen LogP contribution in [-0.4, -0.2) is 13.2 Å². The fourth-order valence-electron chi connectivity index (χ4n) is 0.997. The molecule has 0 unspecified atom stereocenters. The van der Waals surface area contributed by atoms with Gasteiger partial charge in [0.1, 0.15) is 0 Å². The molecular formula is C12H20N2O. The first-order valence-electron chi connectivity index (χ1n) is 5.19. The Morgan fingerprint density at radius 1 is 1.13 bits per heavy atom. The van der Waals surface area contributed by atoms with E-state index in [0.717, 1.165) is 6.42 Å². The van der Waals surface area contributed by atoms with Gasteiger partial charge in [0.2, 0.25) is 0 Å². The van der Waals surface area contributed by atoms with E-state index in [1.807, 2.05) is 27.7 Å². The molecule has 0 saturated heterocycles. The highest BCUT2D eigenvalue weighted by Gasteiger charge is 2.19. The van der Waals surface area contributed by atoms with Crippen LogP contribution in [0.2, 0.25) is 0 Å². The molecule has 0 heterocycles. The van der Waals surface area contributed by atoms with Gasteiger partial charge < -0.3 is 4.74 Å². The largest absolute Gasteiger partial charge is 0.381 e. The van der Waals surface area contributed by atoms with Crippen molar-refractivity contribution in [2.75, 3.05) is 13.2 Å². The van der Waals surface area contributed by atoms with Gasteiger partial charge in [-0.3, -0.25) is 0 Å². The van der Waals surface area contributed by atoms with Gasteiger partial charge in [0.05, 0.1) is 24.2 Å². The van der Waals surface area contributed by atoms with Crippen LogP contribution in [0, 0.1) is 33.5 Å². The molecule has 0 N–H and O–H groups in total. The van der Waals surface area contributed by atoms with Gasteiger partial charge in [0, 0.05) is 18.4 Å². The van der Waals surface area contributed by atoms with E-state index in [-0.39, 0.29) is 10.8 Å². The minimum Gasteiger partial charge on any atom is -0.381 e. The molecule has 0 atom stereocenters. The van der Waals surface area contributed by atoms with E-state index in [2.05, 4.69) is 12.1 Å². The van der Waals surface area contributed by atoms with Gasteiger partial charge in [-0.1, -0.05) is 13.8 Å². The first kappa shape index (κ1) is 13.9. The third-order valence-corrected chi connectivity index (χ3v) is 2.22. The van der Waals surface area contributed by atoms with Crippen molar-refractivity contribution in [2.45, 2.75) is 40.5 Å². The highest BCUT2D eigenvalue weighted by molar-refractivity contribution is 4.91. The van der Waals surface area contributed by atoms with Gasteiger partial charge in [0.15, 0.2) is 0 Å². The standard InChI is InChI=1S/C12H20N2O/c1-11(2,9-14)6-8-15-10-12(3,4)5-7-13/h5-6,8,10H2,1-4H3. The summed E-state index contributed by atoms with van der Waals surface area (Å²) < 4.78 is 5.49. The summed E-state index contributed by atoms with van der Waals surface area (Å²) in [7, 11) is 0. The highest BCUT2D eigenvalue weighted by Crippen LogP contribution is 2.22. The minimum absolute atomic E-state index is 0.0917. The molecule has 0 aromatic rings. The number of nitrogens with zero attached hydrogens (tertiary/aromatic N) is 2. The van der Waals surface area contributed by atoms with Crippen molar-refractivity contribution in [3.05, 3.63) is 0 Å². The molecule has 0 bridgehead atoms. The number of nitriles is 2. The van der Waals surface area contributed by atoms with Crippen molar-refractivity contribution < 1.29 is 4.74 Å². The summed E-state index contributed by atoms with van der Waals surface area (Å²) in [5.41, 5.74) is -0.412. The molecular weight excluding hydrogens is 188 g/mol. The van der Waals surface area contributed by atoms with Crippen molar-refractivity contribution in [3.8, 4) is 12.1 Å². The maximum Gasteiger partial charge on any atom is 0.0684 e. The number of hydrogen-bond donors (Lipinski definition) is 0. The van der Waals surface area contributed by atoms with Crippen LogP contribution in [0.5, 0.6) is 0 Å². The Kier molecular flexibility index (Phi) is 5.33. The summed E-state index contributed by atoms with van der Waals surface area (Å²) in [6, 6.07) is 4.38. The molecule has 0 saturated carbocycles. The molecule has 0 aromatic heterocycles. The van der Waals surface area contributed by atoms with E-state index >= 15 is 0 Å². The molecule has 0 fully saturated rings. The second-order valence-electron chi connectivity index (χ2n) is 5.30. The predicted octanol–water partition coefficient (Wildman–Crippen LogP) is 2.88. The second kappa shape index (κ2) is 5.73. The summed E-state index contributed by atoms with van der Waals surface area (Å²) in [5, 5.41) is 17.4. The minimum atomic E-state index is -0.320. The first-order valence-corrected chi connectivity index (χ1v) is 5.19. The molecule has 84 valence electrons. The third-order valence-electron chi connectivity index (χ3n) is 2.22. The monoisotopic (exact) mass is 208 g/mol. The summed E-state index contributed by atoms with van der Waals surface area (Å²) in [6.45, 7) is 8.96. The zero-order valence-electron chi connectivity index (χ0n) is 10.1. The van der Waals surface area contributed by atoms with Crippen molar-refractivity contribution in [3.63, 3.8) is 0 Å². The maximum atomic E-state index is 8.79. The lowest BCUT2D eigenvalue weighted by atomic mass is 9.90. The maximum absolute atomic E-state index is 8.79. The Labute approximate surface area is 92.7 Å². The fourth-order valence-corrected chi connectivity index (χ4v) is 0.997. The van der Waals surface area contributed by atoms with E-state index in [1.165, 1.54) is 0 Å². The smallest absolute Gasteiger partial charge is 0.0684 e. The molecule has 0 spiro atoms. The van der Waals surface area contributed by atoms with Crippen molar-refractivity contribution in [1.29, 1.82) is 10.5 Å². The molecule has 0 rings (SSSR count). The van der Waals surface area contributed by atoms with E-state index in [4.69, 9.17) is 15.3 Å². The molecule has 0 amide bonds. The van der Waals surface area contributed by atoms with Crippen LogP contribution >= 0.6 is 0 Å². The molecule has 15 heavy (non-hydrogen) atoms. The zero-order valence-corrected chi connectivity index (χ0v) is 10.1. The Morgan fingerprint density at radius 3 is 2.20 bits per heavy atom. The Morgan fingerprint density at radius 2 is 1.73 bits per heavy atom. The third kappa shape index (κ3) is 6.94. The lowest BCUT2D eigenvalue weighted by Crippen LogP contribution is -2.20. The van der Waals surface area contributed by atoms with Crippen molar-refractivity contribution >= 4 is 0 Å². The van der Waals surface area contributed by atoms with Crippen LogP contribution < -0.4 is 0 Å². The topological polar surface area (TPSA) is 56.8 Å². The van der Waals surface area contributed by atoms with E-state index in [0.29, 0.717) is 19.6 Å². The van der Waals surface area contributed by atoms with Gasteiger partial charge in [-0.15, -0.1) is 0 Å². The zero-order chi connectivity index (χ0) is 11.9. The van der Waals surface area contributed by atoms with Crippen molar-refractivity contribution in [1.82, 2.24) is 0 Å². The van der Waals surface area contributed by atoms with E-state index in [9.17, 15) is 0 Å². The summed E-state index contributed by atoms with van der Waals surface area (Å²) in [4.78, 5) is 0. The Hall–Kier alpha value is -1.06. The summed E-state index contributed by atoms with van der Waals surface area (Å²) in [6.07, 6.45) is 1.22. The van der Waals surface area contributed by atoms with Gasteiger partial charge in [-0.05, 0) is 20.3 Å². The van der Waals surface area contributed by atoms with Gasteiger partial charge in [-0.2, -0.15) is 10.5 Å². The molecule has 3 nitrogen and oxygen atoms in total. The van der Waals surface area contributed by atoms with Crippen LogP contribution in [0.1, 0.15) is 40.5 Å². The van der Waals surface area contributed by atoms with Crippen LogP contribution in [0.25, 0.3) is 0 Å². The van der Waals surface area contributed by atoms with Crippen molar-refractivity contribution in [2.24, 2.45) is 10.8 Å². The SMILES string of the molecule is CC(C)(C#N)CCOCC(C)(C)CC#N. The van der Waals surface area contributed by atoms with Gasteiger partial charge >= 0.3 is 0 Å². The average Bonchev–Trinajstić information content (AvgIpc) is 2.13. The molecule has 0 aromatic carbocycles. The van der Waals surface area contributed by atoms with Gasteiger partial charge in [0.25, 0.3) is 0 Å². The molecule has 3 heteroatoms. The molecule has 0 aliphatic rings. The van der Waals surface area contributed by atoms with E-state index < -0.39 is 0 Å². The Bertz CT molecular complexity index is 268. The molecule has 0 radical (unpaired) electrons. The normalized spacial score (nSPS) is 11.9.